The highest BCUT2D eigenvalue weighted by Crippen LogP contribution is 2.49. The van der Waals surface area contributed by atoms with Crippen molar-refractivity contribution in [2.45, 2.75) is 52.6 Å². The molecule has 0 radical (unpaired) electrons. The van der Waals surface area contributed by atoms with Crippen LogP contribution in [-0.2, 0) is 16.1 Å². The molecular weight excluding hydrogens is 316 g/mol. The molecule has 132 valence electrons. The Kier molecular flexibility index (Phi) is 4.14. The van der Waals surface area contributed by atoms with Gasteiger partial charge in [0.1, 0.15) is 12.2 Å². The third-order valence-corrected chi connectivity index (χ3v) is 6.22. The number of carbonyl (C=O) groups is 1. The summed E-state index contributed by atoms with van der Waals surface area (Å²) in [7, 11) is 0. The van der Waals surface area contributed by atoms with Gasteiger partial charge in [-0.25, -0.2) is 4.79 Å². The van der Waals surface area contributed by atoms with Gasteiger partial charge in [-0.1, -0.05) is 18.6 Å². The largest absolute Gasteiger partial charge is 0.461 e. The summed E-state index contributed by atoms with van der Waals surface area (Å²) in [4.78, 5) is 24.1. The summed E-state index contributed by atoms with van der Waals surface area (Å²) < 4.78 is 10.9. The minimum absolute atomic E-state index is 0.129. The highest BCUT2D eigenvalue weighted by molar-refractivity contribution is 5.84. The molecular formula is C21H24O4. The zero-order valence-electron chi connectivity index (χ0n) is 14.8. The summed E-state index contributed by atoms with van der Waals surface area (Å²) >= 11 is 0. The van der Waals surface area contributed by atoms with E-state index in [2.05, 4.69) is 0 Å². The summed E-state index contributed by atoms with van der Waals surface area (Å²) in [5.41, 5.74) is 2.92. The van der Waals surface area contributed by atoms with Crippen LogP contribution in [0.1, 0.15) is 48.8 Å². The molecule has 2 aliphatic rings. The van der Waals surface area contributed by atoms with E-state index >= 15 is 0 Å². The maximum absolute atomic E-state index is 12.3. The van der Waals surface area contributed by atoms with Gasteiger partial charge < -0.3 is 9.15 Å². The molecule has 25 heavy (non-hydrogen) atoms. The third kappa shape index (κ3) is 3.10. The second-order valence-electron chi connectivity index (χ2n) is 7.77. The number of hydrogen-bond donors (Lipinski definition) is 0. The standard InChI is InChI=1S/C21H24O4/c1-12-3-6-18-17(10-20(23)25-21(18)13(12)2)11-24-19(22)9-16-8-14-4-5-15(16)7-14/h3,6,10,14-16H,4-5,7-9,11H2,1-2H3/t14-,15-,16-/m1/s1. The molecule has 2 saturated carbocycles. The molecule has 0 unspecified atom stereocenters. The molecule has 4 rings (SSSR count). The van der Waals surface area contributed by atoms with Crippen molar-refractivity contribution in [1.82, 2.24) is 0 Å². The molecule has 0 spiro atoms. The van der Waals surface area contributed by atoms with Crippen molar-refractivity contribution in [2.75, 3.05) is 0 Å². The fourth-order valence-corrected chi connectivity index (χ4v) is 4.70. The Labute approximate surface area is 147 Å². The Morgan fingerprint density at radius 2 is 2.08 bits per heavy atom. The van der Waals surface area contributed by atoms with E-state index in [1.807, 2.05) is 26.0 Å². The smallest absolute Gasteiger partial charge is 0.336 e. The molecule has 2 bridgehead atoms. The summed E-state index contributed by atoms with van der Waals surface area (Å²) in [5.74, 6) is 1.89. The van der Waals surface area contributed by atoms with Gasteiger partial charge in [0.25, 0.3) is 0 Å². The van der Waals surface area contributed by atoms with Crippen LogP contribution >= 0.6 is 0 Å². The fraction of sp³-hybridized carbons (Fsp3) is 0.524. The number of ether oxygens (including phenoxy) is 1. The fourth-order valence-electron chi connectivity index (χ4n) is 4.70. The van der Waals surface area contributed by atoms with Crippen LogP contribution in [0.3, 0.4) is 0 Å². The van der Waals surface area contributed by atoms with Crippen molar-refractivity contribution in [3.8, 4) is 0 Å². The molecule has 4 heteroatoms. The number of rotatable bonds is 4. The average molecular weight is 340 g/mol. The van der Waals surface area contributed by atoms with Crippen molar-refractivity contribution in [3.05, 3.63) is 45.3 Å². The van der Waals surface area contributed by atoms with E-state index in [4.69, 9.17) is 9.15 Å². The van der Waals surface area contributed by atoms with Gasteiger partial charge in [-0.15, -0.1) is 0 Å². The number of fused-ring (bicyclic) bond motifs is 3. The lowest BCUT2D eigenvalue weighted by molar-refractivity contribution is -0.146. The van der Waals surface area contributed by atoms with Crippen molar-refractivity contribution >= 4 is 16.9 Å². The molecule has 2 fully saturated rings. The van der Waals surface area contributed by atoms with Gasteiger partial charge in [-0.2, -0.15) is 0 Å². The van der Waals surface area contributed by atoms with Crippen LogP contribution in [0, 0.1) is 31.6 Å². The zero-order valence-corrected chi connectivity index (χ0v) is 14.8. The first-order chi connectivity index (χ1) is 12.0. The molecule has 0 amide bonds. The third-order valence-electron chi connectivity index (χ3n) is 6.22. The number of hydrogen-bond acceptors (Lipinski definition) is 4. The Balaban J connectivity index is 1.48. The first-order valence-corrected chi connectivity index (χ1v) is 9.20. The molecule has 3 atom stereocenters. The number of esters is 1. The summed E-state index contributed by atoms with van der Waals surface area (Å²) in [6, 6.07) is 5.36. The van der Waals surface area contributed by atoms with E-state index in [1.165, 1.54) is 31.7 Å². The lowest BCUT2D eigenvalue weighted by atomic mass is 9.86. The topological polar surface area (TPSA) is 56.5 Å². The van der Waals surface area contributed by atoms with Gasteiger partial charge in [0, 0.05) is 23.4 Å². The molecule has 0 saturated heterocycles. The Hall–Kier alpha value is -2.10. The average Bonchev–Trinajstić information content (AvgIpc) is 3.19. The number of aryl methyl sites for hydroxylation is 2. The maximum Gasteiger partial charge on any atom is 0.336 e. The highest BCUT2D eigenvalue weighted by atomic mass is 16.5. The number of carbonyl (C=O) groups excluding carboxylic acids is 1. The van der Waals surface area contributed by atoms with Crippen molar-refractivity contribution in [1.29, 1.82) is 0 Å². The van der Waals surface area contributed by atoms with Crippen LogP contribution in [0.25, 0.3) is 11.0 Å². The zero-order chi connectivity index (χ0) is 17.6. The summed E-state index contributed by atoms with van der Waals surface area (Å²) in [6.45, 7) is 4.05. The summed E-state index contributed by atoms with van der Waals surface area (Å²) in [6.07, 6.45) is 5.59. The summed E-state index contributed by atoms with van der Waals surface area (Å²) in [5, 5.41) is 0.843. The predicted octanol–water partition coefficient (Wildman–Crippen LogP) is 4.28. The Morgan fingerprint density at radius 1 is 1.24 bits per heavy atom. The van der Waals surface area contributed by atoms with E-state index in [1.54, 1.807) is 0 Å². The number of benzene rings is 1. The van der Waals surface area contributed by atoms with Crippen LogP contribution in [0.15, 0.2) is 27.4 Å². The van der Waals surface area contributed by atoms with Gasteiger partial charge in [0.05, 0.1) is 0 Å². The Bertz CT molecular complexity index is 879. The van der Waals surface area contributed by atoms with E-state index in [-0.39, 0.29) is 12.6 Å². The van der Waals surface area contributed by atoms with Crippen LogP contribution in [0.2, 0.25) is 0 Å². The highest BCUT2D eigenvalue weighted by Gasteiger charge is 2.40. The van der Waals surface area contributed by atoms with E-state index in [9.17, 15) is 9.59 Å². The second-order valence-corrected chi connectivity index (χ2v) is 7.77. The van der Waals surface area contributed by atoms with Crippen molar-refractivity contribution in [3.63, 3.8) is 0 Å². The van der Waals surface area contributed by atoms with E-state index in [0.717, 1.165) is 28.0 Å². The maximum atomic E-state index is 12.3. The Morgan fingerprint density at radius 3 is 2.80 bits per heavy atom. The monoisotopic (exact) mass is 340 g/mol. The first-order valence-electron chi connectivity index (χ1n) is 9.20. The van der Waals surface area contributed by atoms with E-state index in [0.29, 0.717) is 23.8 Å². The van der Waals surface area contributed by atoms with Gasteiger partial charge >= 0.3 is 11.6 Å². The van der Waals surface area contributed by atoms with Crippen LogP contribution in [0.5, 0.6) is 0 Å². The van der Waals surface area contributed by atoms with Crippen molar-refractivity contribution < 1.29 is 13.9 Å². The molecule has 1 aromatic carbocycles. The van der Waals surface area contributed by atoms with Gasteiger partial charge in [-0.3, -0.25) is 4.79 Å². The van der Waals surface area contributed by atoms with Crippen molar-refractivity contribution in [2.24, 2.45) is 17.8 Å². The van der Waals surface area contributed by atoms with E-state index < -0.39 is 5.63 Å². The molecule has 0 N–H and O–H groups in total. The molecule has 4 nitrogen and oxygen atoms in total. The van der Waals surface area contributed by atoms with Gasteiger partial charge in [0.2, 0.25) is 0 Å². The minimum atomic E-state index is -0.402. The normalized spacial score (nSPS) is 24.8. The second kappa shape index (κ2) is 6.32. The van der Waals surface area contributed by atoms with Gasteiger partial charge in [0.15, 0.2) is 0 Å². The molecule has 2 aliphatic carbocycles. The molecule has 0 aliphatic heterocycles. The quantitative estimate of drug-likeness (QED) is 0.616. The lowest BCUT2D eigenvalue weighted by Gasteiger charge is -2.20. The molecule has 1 heterocycles. The predicted molar refractivity (Wildman–Crippen MR) is 95.3 cm³/mol. The minimum Gasteiger partial charge on any atom is -0.461 e. The molecule has 2 aromatic rings. The van der Waals surface area contributed by atoms with Gasteiger partial charge in [-0.05, 0) is 62.0 Å². The van der Waals surface area contributed by atoms with Crippen LogP contribution in [-0.4, -0.2) is 5.97 Å². The first kappa shape index (κ1) is 16.4. The van der Waals surface area contributed by atoms with Crippen LogP contribution in [0.4, 0.5) is 0 Å². The lowest BCUT2D eigenvalue weighted by Crippen LogP contribution is -2.17. The van der Waals surface area contributed by atoms with Crippen LogP contribution < -0.4 is 5.63 Å². The SMILES string of the molecule is Cc1ccc2c(COC(=O)C[C@H]3C[C@@H]4CC[C@@H]3C4)cc(=O)oc2c1C. The molecule has 1 aromatic heterocycles.